The lowest BCUT2D eigenvalue weighted by molar-refractivity contribution is -0.384. The van der Waals surface area contributed by atoms with Crippen molar-refractivity contribution in [3.8, 4) is 11.1 Å². The number of aromatic nitrogens is 1. The summed E-state index contributed by atoms with van der Waals surface area (Å²) in [4.78, 5) is 14.6. The Morgan fingerprint density at radius 1 is 1.04 bits per heavy atom. The fraction of sp³-hybridized carbons (Fsp3) is 0.0556. The number of benzene rings is 2. The van der Waals surface area contributed by atoms with Gasteiger partial charge in [0.25, 0.3) is 5.69 Å². The molecule has 0 amide bonds. The van der Waals surface area contributed by atoms with E-state index in [1.807, 2.05) is 30.3 Å². The first-order chi connectivity index (χ1) is 11.7. The van der Waals surface area contributed by atoms with Crippen molar-refractivity contribution in [2.45, 2.75) is 6.61 Å². The zero-order valence-electron chi connectivity index (χ0n) is 12.7. The predicted octanol–water partition coefficient (Wildman–Crippen LogP) is 3.89. The Kier molecular flexibility index (Phi) is 4.49. The SMILES string of the molecule is O=[N+]([O-])c1cccc(Nc2cncc(-c3ccccc3CO)c2)c1. The highest BCUT2D eigenvalue weighted by molar-refractivity contribution is 5.72. The van der Waals surface area contributed by atoms with E-state index in [-0.39, 0.29) is 12.3 Å². The van der Waals surface area contributed by atoms with E-state index in [2.05, 4.69) is 10.3 Å². The molecule has 2 N–H and O–H groups in total. The Labute approximate surface area is 138 Å². The number of aliphatic hydroxyl groups is 1. The van der Waals surface area contributed by atoms with Gasteiger partial charge in [0, 0.05) is 29.6 Å². The fourth-order valence-corrected chi connectivity index (χ4v) is 2.46. The van der Waals surface area contributed by atoms with Crippen molar-refractivity contribution >= 4 is 17.1 Å². The Bertz CT molecular complexity index is 881. The maximum Gasteiger partial charge on any atom is 0.271 e. The molecule has 120 valence electrons. The number of nitro groups is 1. The second-order valence-electron chi connectivity index (χ2n) is 5.21. The normalized spacial score (nSPS) is 10.4. The van der Waals surface area contributed by atoms with E-state index in [1.165, 1.54) is 12.1 Å². The van der Waals surface area contributed by atoms with E-state index >= 15 is 0 Å². The molecule has 0 bridgehead atoms. The van der Waals surface area contributed by atoms with Crippen molar-refractivity contribution in [3.63, 3.8) is 0 Å². The van der Waals surface area contributed by atoms with Gasteiger partial charge in [0.05, 0.1) is 23.4 Å². The van der Waals surface area contributed by atoms with Gasteiger partial charge < -0.3 is 10.4 Å². The average Bonchev–Trinajstić information content (AvgIpc) is 2.62. The summed E-state index contributed by atoms with van der Waals surface area (Å²) in [5.41, 5.74) is 3.91. The molecule has 0 radical (unpaired) electrons. The Balaban J connectivity index is 1.91. The minimum absolute atomic E-state index is 0.0229. The Hall–Kier alpha value is -3.25. The number of pyridine rings is 1. The molecule has 0 unspecified atom stereocenters. The maximum atomic E-state index is 10.9. The topological polar surface area (TPSA) is 88.3 Å². The predicted molar refractivity (Wildman–Crippen MR) is 92.0 cm³/mol. The molecule has 1 aromatic heterocycles. The lowest BCUT2D eigenvalue weighted by Gasteiger charge is -2.10. The van der Waals surface area contributed by atoms with Gasteiger partial charge in [0.15, 0.2) is 0 Å². The highest BCUT2D eigenvalue weighted by Gasteiger charge is 2.08. The average molecular weight is 321 g/mol. The number of nitrogens with one attached hydrogen (secondary N) is 1. The zero-order chi connectivity index (χ0) is 16.9. The van der Waals surface area contributed by atoms with Crippen LogP contribution in [0.3, 0.4) is 0 Å². The van der Waals surface area contributed by atoms with Gasteiger partial charge in [-0.05, 0) is 23.3 Å². The number of nitro benzene ring substituents is 1. The van der Waals surface area contributed by atoms with Gasteiger partial charge in [-0.1, -0.05) is 30.3 Å². The number of rotatable bonds is 5. The summed E-state index contributed by atoms with van der Waals surface area (Å²) in [6, 6.07) is 15.7. The standard InChI is InChI=1S/C18H15N3O3/c22-12-13-4-1-2-7-18(13)14-8-16(11-19-10-14)20-15-5-3-6-17(9-15)21(23)24/h1-11,20,22H,12H2. The highest BCUT2D eigenvalue weighted by Crippen LogP contribution is 2.27. The van der Waals surface area contributed by atoms with E-state index in [0.717, 1.165) is 16.7 Å². The third kappa shape index (κ3) is 3.39. The first-order valence-corrected chi connectivity index (χ1v) is 7.33. The molecule has 0 spiro atoms. The lowest BCUT2D eigenvalue weighted by Crippen LogP contribution is -1.95. The molecule has 2 aromatic carbocycles. The van der Waals surface area contributed by atoms with Crippen molar-refractivity contribution in [1.29, 1.82) is 0 Å². The first-order valence-electron chi connectivity index (χ1n) is 7.33. The minimum Gasteiger partial charge on any atom is -0.392 e. The lowest BCUT2D eigenvalue weighted by atomic mass is 10.0. The van der Waals surface area contributed by atoms with Gasteiger partial charge in [-0.2, -0.15) is 0 Å². The molecule has 24 heavy (non-hydrogen) atoms. The second-order valence-corrected chi connectivity index (χ2v) is 5.21. The van der Waals surface area contributed by atoms with E-state index in [4.69, 9.17) is 0 Å². The van der Waals surface area contributed by atoms with Crippen LogP contribution in [0.5, 0.6) is 0 Å². The summed E-state index contributed by atoms with van der Waals surface area (Å²) in [6.45, 7) is -0.0568. The summed E-state index contributed by atoms with van der Waals surface area (Å²) < 4.78 is 0. The molecular formula is C18H15N3O3. The summed E-state index contributed by atoms with van der Waals surface area (Å²) in [7, 11) is 0. The van der Waals surface area contributed by atoms with Crippen LogP contribution in [0.4, 0.5) is 17.1 Å². The van der Waals surface area contributed by atoms with Crippen molar-refractivity contribution in [2.24, 2.45) is 0 Å². The van der Waals surface area contributed by atoms with Gasteiger partial charge in [-0.25, -0.2) is 0 Å². The smallest absolute Gasteiger partial charge is 0.271 e. The van der Waals surface area contributed by atoms with Crippen LogP contribution in [0.15, 0.2) is 67.0 Å². The number of hydrogen-bond donors (Lipinski definition) is 2. The molecule has 3 rings (SSSR count). The van der Waals surface area contributed by atoms with Gasteiger partial charge in [-0.15, -0.1) is 0 Å². The summed E-state index contributed by atoms with van der Waals surface area (Å²) in [5.74, 6) is 0. The number of nitrogens with zero attached hydrogens (tertiary/aromatic N) is 2. The molecule has 3 aromatic rings. The molecule has 0 aliphatic carbocycles. The molecule has 0 aliphatic rings. The van der Waals surface area contributed by atoms with Crippen LogP contribution >= 0.6 is 0 Å². The molecule has 0 saturated carbocycles. The fourth-order valence-electron chi connectivity index (χ4n) is 2.46. The number of hydrogen-bond acceptors (Lipinski definition) is 5. The highest BCUT2D eigenvalue weighted by atomic mass is 16.6. The van der Waals surface area contributed by atoms with Crippen molar-refractivity contribution in [3.05, 3.63) is 82.7 Å². The van der Waals surface area contributed by atoms with Crippen LogP contribution in [0.1, 0.15) is 5.56 Å². The Morgan fingerprint density at radius 3 is 2.67 bits per heavy atom. The van der Waals surface area contributed by atoms with Crippen LogP contribution in [-0.4, -0.2) is 15.0 Å². The van der Waals surface area contributed by atoms with Gasteiger partial charge in [0.2, 0.25) is 0 Å². The third-order valence-electron chi connectivity index (χ3n) is 3.58. The molecular weight excluding hydrogens is 306 g/mol. The molecule has 1 heterocycles. The van der Waals surface area contributed by atoms with E-state index in [9.17, 15) is 15.2 Å². The Morgan fingerprint density at radius 2 is 1.88 bits per heavy atom. The van der Waals surface area contributed by atoms with Gasteiger partial charge >= 0.3 is 0 Å². The first kappa shape index (κ1) is 15.6. The maximum absolute atomic E-state index is 10.9. The van der Waals surface area contributed by atoms with Crippen LogP contribution in [0.25, 0.3) is 11.1 Å². The van der Waals surface area contributed by atoms with Crippen LogP contribution < -0.4 is 5.32 Å². The molecule has 0 atom stereocenters. The summed E-state index contributed by atoms with van der Waals surface area (Å²) in [5, 5.41) is 23.4. The van der Waals surface area contributed by atoms with Crippen LogP contribution in [0.2, 0.25) is 0 Å². The molecule has 0 fully saturated rings. The minimum atomic E-state index is -0.433. The monoisotopic (exact) mass is 321 g/mol. The van der Waals surface area contributed by atoms with E-state index < -0.39 is 4.92 Å². The molecule has 0 aliphatic heterocycles. The van der Waals surface area contributed by atoms with Crippen molar-refractivity contribution in [2.75, 3.05) is 5.32 Å². The van der Waals surface area contributed by atoms with Gasteiger partial charge in [0.1, 0.15) is 0 Å². The molecule has 6 nitrogen and oxygen atoms in total. The summed E-state index contributed by atoms with van der Waals surface area (Å²) in [6.07, 6.45) is 3.36. The number of aliphatic hydroxyl groups excluding tert-OH is 1. The number of anilines is 2. The van der Waals surface area contributed by atoms with Crippen molar-refractivity contribution < 1.29 is 10.0 Å². The quantitative estimate of drug-likeness (QED) is 0.550. The van der Waals surface area contributed by atoms with Crippen LogP contribution in [-0.2, 0) is 6.61 Å². The summed E-state index contributed by atoms with van der Waals surface area (Å²) >= 11 is 0. The largest absolute Gasteiger partial charge is 0.392 e. The van der Waals surface area contributed by atoms with Crippen molar-refractivity contribution in [1.82, 2.24) is 4.98 Å². The van der Waals surface area contributed by atoms with Gasteiger partial charge in [-0.3, -0.25) is 15.1 Å². The zero-order valence-corrected chi connectivity index (χ0v) is 12.7. The molecule has 0 saturated heterocycles. The van der Waals surface area contributed by atoms with E-state index in [0.29, 0.717) is 11.4 Å². The van der Waals surface area contributed by atoms with Crippen LogP contribution in [0, 0.1) is 10.1 Å². The molecule has 6 heteroatoms. The second kappa shape index (κ2) is 6.89. The third-order valence-corrected chi connectivity index (χ3v) is 3.58. The van der Waals surface area contributed by atoms with E-state index in [1.54, 1.807) is 24.5 Å². The number of non-ortho nitro benzene ring substituents is 1.